The van der Waals surface area contributed by atoms with Crippen molar-refractivity contribution in [2.24, 2.45) is 0 Å². The molecule has 2 amide bonds. The van der Waals surface area contributed by atoms with Gasteiger partial charge >= 0.3 is 0 Å². The predicted molar refractivity (Wildman–Crippen MR) is 116 cm³/mol. The Kier molecular flexibility index (Phi) is 5.23. The molecule has 1 aliphatic rings. The molecule has 3 aromatic carbocycles. The van der Waals surface area contributed by atoms with Gasteiger partial charge in [0, 0.05) is 17.3 Å². The van der Waals surface area contributed by atoms with Crippen LogP contribution in [0.25, 0.3) is 0 Å². The largest absolute Gasteiger partial charge is 0.497 e. The summed E-state index contributed by atoms with van der Waals surface area (Å²) >= 11 is 0. The average molecular weight is 418 g/mol. The lowest BCUT2D eigenvalue weighted by molar-refractivity contribution is -0.383. The van der Waals surface area contributed by atoms with E-state index in [-0.39, 0.29) is 29.4 Å². The molecular formula is C22H18N4O5. The quantitative estimate of drug-likeness (QED) is 0.479. The van der Waals surface area contributed by atoms with Crippen LogP contribution in [0, 0.1) is 10.1 Å². The number of carbonyl (C=O) groups is 2. The van der Waals surface area contributed by atoms with Crippen molar-refractivity contribution in [1.82, 2.24) is 0 Å². The molecule has 3 aromatic rings. The lowest BCUT2D eigenvalue weighted by atomic mass is 10.1. The molecule has 0 spiro atoms. The molecule has 9 heteroatoms. The fourth-order valence-electron chi connectivity index (χ4n) is 3.32. The number of nitrogens with one attached hydrogen (secondary N) is 2. The highest BCUT2D eigenvalue weighted by Crippen LogP contribution is 2.33. The van der Waals surface area contributed by atoms with Crippen LogP contribution in [-0.4, -0.2) is 30.4 Å². The molecule has 0 atom stereocenters. The van der Waals surface area contributed by atoms with Crippen LogP contribution < -0.4 is 20.3 Å². The molecule has 0 bridgehead atoms. The molecule has 31 heavy (non-hydrogen) atoms. The number of para-hydroxylation sites is 2. The molecule has 2 N–H and O–H groups in total. The number of nitrogens with zero attached hydrogens (tertiary/aromatic N) is 2. The van der Waals surface area contributed by atoms with Gasteiger partial charge in [0.2, 0.25) is 5.91 Å². The van der Waals surface area contributed by atoms with Crippen molar-refractivity contribution in [3.8, 4) is 5.75 Å². The SMILES string of the molecule is COc1ccc(Nc2ccc(C(=O)N3CC(=O)Nc4ccccc43)cc2[N+](=O)[O-])cc1. The van der Waals surface area contributed by atoms with Gasteiger partial charge in [0.1, 0.15) is 18.0 Å². The fourth-order valence-corrected chi connectivity index (χ4v) is 3.32. The van der Waals surface area contributed by atoms with Crippen LogP contribution in [-0.2, 0) is 4.79 Å². The van der Waals surface area contributed by atoms with Crippen LogP contribution in [0.15, 0.2) is 66.7 Å². The first-order valence-corrected chi connectivity index (χ1v) is 9.36. The summed E-state index contributed by atoms with van der Waals surface area (Å²) in [5.74, 6) is -0.174. The molecule has 156 valence electrons. The second-order valence-electron chi connectivity index (χ2n) is 6.80. The number of hydrogen-bond acceptors (Lipinski definition) is 6. The third-order valence-electron chi connectivity index (χ3n) is 4.83. The Morgan fingerprint density at radius 2 is 1.87 bits per heavy atom. The molecule has 0 fully saturated rings. The molecule has 0 unspecified atom stereocenters. The van der Waals surface area contributed by atoms with E-state index in [1.165, 1.54) is 23.1 Å². The number of nitro benzene ring substituents is 1. The lowest BCUT2D eigenvalue weighted by Gasteiger charge is -2.29. The van der Waals surface area contributed by atoms with Crippen molar-refractivity contribution in [2.45, 2.75) is 0 Å². The monoisotopic (exact) mass is 418 g/mol. The number of hydrogen-bond donors (Lipinski definition) is 2. The number of benzene rings is 3. The molecule has 0 aromatic heterocycles. The van der Waals surface area contributed by atoms with Crippen molar-refractivity contribution in [3.63, 3.8) is 0 Å². The number of nitro groups is 1. The van der Waals surface area contributed by atoms with Crippen LogP contribution >= 0.6 is 0 Å². The van der Waals surface area contributed by atoms with Gasteiger partial charge in [-0.1, -0.05) is 12.1 Å². The van der Waals surface area contributed by atoms with Gasteiger partial charge in [-0.05, 0) is 48.5 Å². The van der Waals surface area contributed by atoms with Crippen LogP contribution in [0.2, 0.25) is 0 Å². The molecule has 0 aliphatic carbocycles. The van der Waals surface area contributed by atoms with E-state index in [4.69, 9.17) is 4.74 Å². The van der Waals surface area contributed by atoms with E-state index in [9.17, 15) is 19.7 Å². The number of methoxy groups -OCH3 is 1. The van der Waals surface area contributed by atoms with Gasteiger partial charge in [-0.2, -0.15) is 0 Å². The third kappa shape index (κ3) is 4.01. The van der Waals surface area contributed by atoms with Crippen molar-refractivity contribution in [1.29, 1.82) is 0 Å². The molecule has 9 nitrogen and oxygen atoms in total. The minimum atomic E-state index is -0.556. The van der Waals surface area contributed by atoms with E-state index in [2.05, 4.69) is 10.6 Å². The number of anilines is 4. The van der Waals surface area contributed by atoms with Gasteiger partial charge in [0.15, 0.2) is 0 Å². The highest BCUT2D eigenvalue weighted by molar-refractivity contribution is 6.15. The maximum absolute atomic E-state index is 13.1. The molecular weight excluding hydrogens is 400 g/mol. The van der Waals surface area contributed by atoms with Gasteiger partial charge in [-0.25, -0.2) is 0 Å². The number of amides is 2. The molecule has 1 heterocycles. The summed E-state index contributed by atoms with van der Waals surface area (Å²) in [5.41, 5.74) is 1.77. The van der Waals surface area contributed by atoms with Gasteiger partial charge < -0.3 is 15.4 Å². The summed E-state index contributed by atoms with van der Waals surface area (Å²) in [5, 5.41) is 17.4. The number of carbonyl (C=O) groups excluding carboxylic acids is 2. The Morgan fingerprint density at radius 3 is 2.58 bits per heavy atom. The first-order valence-electron chi connectivity index (χ1n) is 9.36. The molecule has 1 aliphatic heterocycles. The van der Waals surface area contributed by atoms with Gasteiger partial charge in [-0.3, -0.25) is 24.6 Å². The Hall–Kier alpha value is -4.40. The van der Waals surface area contributed by atoms with Gasteiger partial charge in [0.25, 0.3) is 11.6 Å². The minimum absolute atomic E-state index is 0.108. The van der Waals surface area contributed by atoms with E-state index in [1.54, 1.807) is 55.6 Å². The van der Waals surface area contributed by atoms with Crippen LogP contribution in [0.1, 0.15) is 10.4 Å². The highest BCUT2D eigenvalue weighted by atomic mass is 16.6. The Morgan fingerprint density at radius 1 is 1.13 bits per heavy atom. The summed E-state index contributed by atoms with van der Waals surface area (Å²) < 4.78 is 5.11. The van der Waals surface area contributed by atoms with Crippen molar-refractivity contribution < 1.29 is 19.2 Å². The second-order valence-corrected chi connectivity index (χ2v) is 6.80. The molecule has 0 saturated heterocycles. The van der Waals surface area contributed by atoms with E-state index in [0.29, 0.717) is 22.8 Å². The standard InChI is InChI=1S/C22H18N4O5/c1-31-16-9-7-15(8-10-16)23-18-11-6-14(12-20(18)26(29)30)22(28)25-13-21(27)24-17-4-2-3-5-19(17)25/h2-12,23H,13H2,1H3,(H,24,27). The van der Waals surface area contributed by atoms with Crippen molar-refractivity contribution >= 4 is 40.3 Å². The first kappa shape index (κ1) is 19.9. The topological polar surface area (TPSA) is 114 Å². The van der Waals surface area contributed by atoms with Gasteiger partial charge in [-0.15, -0.1) is 0 Å². The fraction of sp³-hybridized carbons (Fsp3) is 0.0909. The summed E-state index contributed by atoms with van der Waals surface area (Å²) in [7, 11) is 1.55. The highest BCUT2D eigenvalue weighted by Gasteiger charge is 2.29. The first-order chi connectivity index (χ1) is 15.0. The van der Waals surface area contributed by atoms with Crippen LogP contribution in [0.5, 0.6) is 5.75 Å². The minimum Gasteiger partial charge on any atom is -0.497 e. The molecule has 0 saturated carbocycles. The summed E-state index contributed by atoms with van der Waals surface area (Å²) in [4.78, 5) is 37.6. The Balaban J connectivity index is 1.65. The van der Waals surface area contributed by atoms with Crippen LogP contribution in [0.4, 0.5) is 28.4 Å². The van der Waals surface area contributed by atoms with Crippen LogP contribution in [0.3, 0.4) is 0 Å². The molecule has 0 radical (unpaired) electrons. The smallest absolute Gasteiger partial charge is 0.293 e. The summed E-state index contributed by atoms with van der Waals surface area (Å²) in [6.45, 7) is -0.171. The third-order valence-corrected chi connectivity index (χ3v) is 4.83. The maximum Gasteiger partial charge on any atom is 0.293 e. The number of ether oxygens (including phenoxy) is 1. The van der Waals surface area contributed by atoms with Gasteiger partial charge in [0.05, 0.1) is 23.4 Å². The van der Waals surface area contributed by atoms with E-state index < -0.39 is 10.8 Å². The zero-order valence-corrected chi connectivity index (χ0v) is 16.5. The molecule has 4 rings (SSSR count). The average Bonchev–Trinajstić information content (AvgIpc) is 2.78. The summed E-state index contributed by atoms with van der Waals surface area (Å²) in [6, 6.07) is 18.0. The normalized spacial score (nSPS) is 12.5. The van der Waals surface area contributed by atoms with E-state index in [1.807, 2.05) is 0 Å². The van der Waals surface area contributed by atoms with Crippen molar-refractivity contribution in [3.05, 3.63) is 82.4 Å². The van der Waals surface area contributed by atoms with E-state index in [0.717, 1.165) is 0 Å². The summed E-state index contributed by atoms with van der Waals surface area (Å²) in [6.07, 6.45) is 0. The second kappa shape index (κ2) is 8.15. The zero-order valence-electron chi connectivity index (χ0n) is 16.5. The predicted octanol–water partition coefficient (Wildman–Crippen LogP) is 3.95. The zero-order chi connectivity index (χ0) is 22.0. The number of fused-ring (bicyclic) bond motifs is 1. The number of rotatable bonds is 5. The Labute approximate surface area is 177 Å². The maximum atomic E-state index is 13.1. The Bertz CT molecular complexity index is 1180. The van der Waals surface area contributed by atoms with Crippen molar-refractivity contribution in [2.75, 3.05) is 29.2 Å². The lowest BCUT2D eigenvalue weighted by Crippen LogP contribution is -2.42. The van der Waals surface area contributed by atoms with E-state index >= 15 is 0 Å².